The van der Waals surface area contributed by atoms with Crippen molar-refractivity contribution in [3.63, 3.8) is 0 Å². The SMILES string of the molecule is CC(=O)NCC(=O)OC(C)=O. The van der Waals surface area contributed by atoms with E-state index >= 15 is 0 Å². The second-order valence-electron chi connectivity index (χ2n) is 1.88. The highest BCUT2D eigenvalue weighted by Gasteiger charge is 2.05. The fraction of sp³-hybridized carbons (Fsp3) is 0.500. The number of hydrogen-bond donors (Lipinski definition) is 1. The topological polar surface area (TPSA) is 72.5 Å². The molecular weight excluding hydrogens is 150 g/mol. The van der Waals surface area contributed by atoms with Crippen molar-refractivity contribution in [2.75, 3.05) is 6.54 Å². The van der Waals surface area contributed by atoms with Crippen LogP contribution in [0.15, 0.2) is 0 Å². The summed E-state index contributed by atoms with van der Waals surface area (Å²) in [6.07, 6.45) is 0. The molecule has 0 heterocycles. The Kier molecular flexibility index (Phi) is 3.87. The lowest BCUT2D eigenvalue weighted by Crippen LogP contribution is -2.29. The summed E-state index contributed by atoms with van der Waals surface area (Å²) in [6.45, 7) is 2.11. The highest BCUT2D eigenvalue weighted by molar-refractivity contribution is 5.87. The first-order valence-electron chi connectivity index (χ1n) is 2.98. The summed E-state index contributed by atoms with van der Waals surface area (Å²) >= 11 is 0. The molecule has 0 saturated heterocycles. The van der Waals surface area contributed by atoms with Crippen molar-refractivity contribution in [2.45, 2.75) is 13.8 Å². The molecule has 0 spiro atoms. The Bertz CT molecular complexity index is 187. The Morgan fingerprint density at radius 2 is 1.82 bits per heavy atom. The zero-order valence-electron chi connectivity index (χ0n) is 6.34. The normalized spacial score (nSPS) is 8.55. The van der Waals surface area contributed by atoms with Gasteiger partial charge in [0.2, 0.25) is 5.91 Å². The third kappa shape index (κ3) is 6.50. The number of carbonyl (C=O) groups excluding carboxylic acids is 3. The predicted molar refractivity (Wildman–Crippen MR) is 35.5 cm³/mol. The van der Waals surface area contributed by atoms with Gasteiger partial charge in [0, 0.05) is 13.8 Å². The van der Waals surface area contributed by atoms with Crippen molar-refractivity contribution >= 4 is 17.8 Å². The quantitative estimate of drug-likeness (QED) is 0.423. The van der Waals surface area contributed by atoms with Crippen molar-refractivity contribution < 1.29 is 19.1 Å². The minimum absolute atomic E-state index is 0.269. The zero-order chi connectivity index (χ0) is 8.85. The summed E-state index contributed by atoms with van der Waals surface area (Å²) in [6, 6.07) is 0. The number of hydrogen-bond acceptors (Lipinski definition) is 4. The monoisotopic (exact) mass is 159 g/mol. The van der Waals surface area contributed by atoms with E-state index in [0.29, 0.717) is 0 Å². The van der Waals surface area contributed by atoms with Crippen molar-refractivity contribution in [3.8, 4) is 0 Å². The average molecular weight is 159 g/mol. The molecule has 0 unspecified atom stereocenters. The van der Waals surface area contributed by atoms with E-state index in [0.717, 1.165) is 6.92 Å². The van der Waals surface area contributed by atoms with Crippen LogP contribution in [0.3, 0.4) is 0 Å². The predicted octanol–water partition coefficient (Wildman–Crippen LogP) is -0.788. The Labute approximate surface area is 63.7 Å². The molecule has 0 aromatic rings. The van der Waals surface area contributed by atoms with Crippen LogP contribution < -0.4 is 5.32 Å². The number of ether oxygens (including phenoxy) is 1. The lowest BCUT2D eigenvalue weighted by Gasteiger charge is -1.99. The highest BCUT2D eigenvalue weighted by Crippen LogP contribution is 1.77. The van der Waals surface area contributed by atoms with Crippen molar-refractivity contribution in [1.29, 1.82) is 0 Å². The fourth-order valence-electron chi connectivity index (χ4n) is 0.393. The van der Waals surface area contributed by atoms with E-state index in [1.807, 2.05) is 0 Å². The van der Waals surface area contributed by atoms with Crippen LogP contribution in [0.2, 0.25) is 0 Å². The van der Waals surface area contributed by atoms with Gasteiger partial charge in [-0.15, -0.1) is 0 Å². The van der Waals surface area contributed by atoms with Gasteiger partial charge in [0.1, 0.15) is 6.54 Å². The largest absolute Gasteiger partial charge is 0.392 e. The summed E-state index contributed by atoms with van der Waals surface area (Å²) in [5.41, 5.74) is 0. The van der Waals surface area contributed by atoms with Gasteiger partial charge in [-0.05, 0) is 0 Å². The van der Waals surface area contributed by atoms with Crippen LogP contribution in [0.5, 0.6) is 0 Å². The maximum atomic E-state index is 10.5. The molecule has 1 N–H and O–H groups in total. The number of amides is 1. The second kappa shape index (κ2) is 4.43. The van der Waals surface area contributed by atoms with Gasteiger partial charge in [0.15, 0.2) is 0 Å². The Hall–Kier alpha value is -1.39. The van der Waals surface area contributed by atoms with Crippen LogP contribution in [0.25, 0.3) is 0 Å². The first-order chi connectivity index (χ1) is 5.02. The van der Waals surface area contributed by atoms with Crippen LogP contribution in [-0.4, -0.2) is 24.4 Å². The first kappa shape index (κ1) is 9.61. The van der Waals surface area contributed by atoms with Gasteiger partial charge in [-0.25, -0.2) is 4.79 Å². The average Bonchev–Trinajstić information content (AvgIpc) is 1.82. The van der Waals surface area contributed by atoms with Crippen LogP contribution in [-0.2, 0) is 19.1 Å². The number of rotatable bonds is 2. The Morgan fingerprint density at radius 1 is 1.27 bits per heavy atom. The molecule has 0 aromatic carbocycles. The van der Waals surface area contributed by atoms with Crippen molar-refractivity contribution in [2.24, 2.45) is 0 Å². The Morgan fingerprint density at radius 3 is 2.18 bits per heavy atom. The summed E-state index contributed by atoms with van der Waals surface area (Å²) in [5.74, 6) is -1.78. The standard InChI is InChI=1S/C6H9NO4/c1-4(8)7-3-6(10)11-5(2)9/h3H2,1-2H3,(H,7,8). The molecule has 1 amide bonds. The van der Waals surface area contributed by atoms with E-state index in [1.165, 1.54) is 6.92 Å². The van der Waals surface area contributed by atoms with Crippen molar-refractivity contribution in [3.05, 3.63) is 0 Å². The van der Waals surface area contributed by atoms with Crippen molar-refractivity contribution in [1.82, 2.24) is 5.32 Å². The summed E-state index contributed by atoms with van der Waals surface area (Å²) < 4.78 is 4.11. The van der Waals surface area contributed by atoms with E-state index in [-0.39, 0.29) is 12.5 Å². The Balaban J connectivity index is 3.53. The van der Waals surface area contributed by atoms with Gasteiger partial charge < -0.3 is 10.1 Å². The summed E-state index contributed by atoms with van der Waals surface area (Å²) in [7, 11) is 0. The van der Waals surface area contributed by atoms with Gasteiger partial charge in [0.25, 0.3) is 0 Å². The number of esters is 2. The molecule has 0 aliphatic carbocycles. The molecule has 0 bridgehead atoms. The molecule has 5 heteroatoms. The maximum absolute atomic E-state index is 10.5. The lowest BCUT2D eigenvalue weighted by atomic mass is 10.6. The first-order valence-corrected chi connectivity index (χ1v) is 2.98. The van der Waals surface area contributed by atoms with E-state index in [1.54, 1.807) is 0 Å². The van der Waals surface area contributed by atoms with Crippen LogP contribution >= 0.6 is 0 Å². The lowest BCUT2D eigenvalue weighted by molar-refractivity contribution is -0.157. The van der Waals surface area contributed by atoms with Gasteiger partial charge in [-0.3, -0.25) is 9.59 Å². The maximum Gasteiger partial charge on any atom is 0.333 e. The molecule has 0 fully saturated rings. The van der Waals surface area contributed by atoms with Gasteiger partial charge in [-0.2, -0.15) is 0 Å². The third-order valence-corrected chi connectivity index (χ3v) is 0.739. The van der Waals surface area contributed by atoms with Gasteiger partial charge >= 0.3 is 11.9 Å². The van der Waals surface area contributed by atoms with E-state index < -0.39 is 11.9 Å². The molecular formula is C6H9NO4. The number of nitrogens with one attached hydrogen (secondary N) is 1. The van der Waals surface area contributed by atoms with E-state index in [4.69, 9.17) is 0 Å². The number of carbonyl (C=O) groups is 3. The molecule has 0 aromatic heterocycles. The van der Waals surface area contributed by atoms with Crippen LogP contribution in [0.1, 0.15) is 13.8 Å². The molecule has 0 radical (unpaired) electrons. The molecule has 5 nitrogen and oxygen atoms in total. The second-order valence-corrected chi connectivity index (χ2v) is 1.88. The molecule has 62 valence electrons. The van der Waals surface area contributed by atoms with Crippen LogP contribution in [0, 0.1) is 0 Å². The highest BCUT2D eigenvalue weighted by atomic mass is 16.6. The zero-order valence-corrected chi connectivity index (χ0v) is 6.34. The minimum atomic E-state index is -0.757. The molecule has 0 aliphatic heterocycles. The molecule has 0 aliphatic rings. The third-order valence-electron chi connectivity index (χ3n) is 0.739. The molecule has 11 heavy (non-hydrogen) atoms. The van der Waals surface area contributed by atoms with Gasteiger partial charge in [-0.1, -0.05) is 0 Å². The summed E-state index contributed by atoms with van der Waals surface area (Å²) in [5, 5.41) is 2.18. The fourth-order valence-corrected chi connectivity index (χ4v) is 0.393. The van der Waals surface area contributed by atoms with E-state index in [2.05, 4.69) is 10.1 Å². The minimum Gasteiger partial charge on any atom is -0.392 e. The smallest absolute Gasteiger partial charge is 0.333 e. The molecule has 0 saturated carbocycles. The summed E-state index contributed by atoms with van der Waals surface area (Å²) in [4.78, 5) is 30.9. The van der Waals surface area contributed by atoms with Crippen LogP contribution in [0.4, 0.5) is 0 Å². The molecule has 0 atom stereocenters. The van der Waals surface area contributed by atoms with E-state index in [9.17, 15) is 14.4 Å². The molecule has 0 rings (SSSR count). The van der Waals surface area contributed by atoms with Gasteiger partial charge in [0.05, 0.1) is 0 Å².